The molecule has 0 saturated carbocycles. The fraction of sp³-hybridized carbons (Fsp3) is 0.250. The first kappa shape index (κ1) is 11.7. The van der Waals surface area contributed by atoms with Crippen LogP contribution in [0.25, 0.3) is 0 Å². The Morgan fingerprint density at radius 1 is 0.941 bits per heavy atom. The zero-order valence-corrected chi connectivity index (χ0v) is 10.4. The van der Waals surface area contributed by atoms with Gasteiger partial charge in [0.2, 0.25) is 0 Å². The van der Waals surface area contributed by atoms with Gasteiger partial charge in [0.1, 0.15) is 12.4 Å². The lowest BCUT2D eigenvalue weighted by molar-refractivity contribution is 0.306. The predicted molar refractivity (Wildman–Crippen MR) is 71.3 cm³/mol. The highest BCUT2D eigenvalue weighted by Crippen LogP contribution is 2.14. The van der Waals surface area contributed by atoms with Crippen LogP contribution in [0, 0.1) is 6.92 Å². The molecule has 0 amide bonds. The quantitative estimate of drug-likeness (QED) is 0.761. The smallest absolute Gasteiger partial charge is 0.120 e. The van der Waals surface area contributed by atoms with Crippen LogP contribution in [0.3, 0.4) is 0 Å². The zero-order chi connectivity index (χ0) is 12.1. The van der Waals surface area contributed by atoms with Crippen LogP contribution in [-0.4, -0.2) is 0 Å². The third-order valence-corrected chi connectivity index (χ3v) is 2.83. The Balaban J connectivity index is 1.97. The fourth-order valence-electron chi connectivity index (χ4n) is 1.74. The highest BCUT2D eigenvalue weighted by Gasteiger charge is 1.96. The second-order valence-electron chi connectivity index (χ2n) is 4.28. The van der Waals surface area contributed by atoms with Gasteiger partial charge in [-0.05, 0) is 42.2 Å². The highest BCUT2D eigenvalue weighted by molar-refractivity contribution is 5.28. The van der Waals surface area contributed by atoms with Crippen molar-refractivity contribution in [1.82, 2.24) is 0 Å². The summed E-state index contributed by atoms with van der Waals surface area (Å²) >= 11 is 0. The number of ether oxygens (including phenoxy) is 1. The van der Waals surface area contributed by atoms with Crippen LogP contribution >= 0.6 is 0 Å². The van der Waals surface area contributed by atoms with Crippen molar-refractivity contribution in [2.45, 2.75) is 26.9 Å². The third-order valence-electron chi connectivity index (χ3n) is 2.83. The van der Waals surface area contributed by atoms with Crippen molar-refractivity contribution in [2.24, 2.45) is 0 Å². The van der Waals surface area contributed by atoms with Gasteiger partial charge >= 0.3 is 0 Å². The van der Waals surface area contributed by atoms with Crippen LogP contribution in [0.4, 0.5) is 0 Å². The van der Waals surface area contributed by atoms with E-state index in [0.717, 1.165) is 12.2 Å². The molecule has 0 aliphatic heterocycles. The van der Waals surface area contributed by atoms with Crippen LogP contribution in [0.5, 0.6) is 5.75 Å². The number of aryl methyl sites for hydroxylation is 2. The van der Waals surface area contributed by atoms with Gasteiger partial charge < -0.3 is 4.74 Å². The first-order valence-corrected chi connectivity index (χ1v) is 6.05. The molecule has 0 fully saturated rings. The lowest BCUT2D eigenvalue weighted by atomic mass is 10.1. The van der Waals surface area contributed by atoms with Crippen molar-refractivity contribution in [1.29, 1.82) is 0 Å². The maximum Gasteiger partial charge on any atom is 0.120 e. The SMILES string of the molecule is CCc1ccc(COc2cccc(C)c2)cc1. The Kier molecular flexibility index (Phi) is 3.81. The first-order chi connectivity index (χ1) is 8.28. The molecule has 0 aliphatic carbocycles. The average molecular weight is 226 g/mol. The Morgan fingerprint density at radius 3 is 2.29 bits per heavy atom. The number of benzene rings is 2. The second-order valence-corrected chi connectivity index (χ2v) is 4.28. The Hall–Kier alpha value is -1.76. The van der Waals surface area contributed by atoms with Gasteiger partial charge in [-0.15, -0.1) is 0 Å². The fourth-order valence-corrected chi connectivity index (χ4v) is 1.74. The maximum absolute atomic E-state index is 5.75. The minimum absolute atomic E-state index is 0.632. The molecular weight excluding hydrogens is 208 g/mol. The molecule has 2 aromatic carbocycles. The molecular formula is C16H18O. The van der Waals surface area contributed by atoms with Crippen molar-refractivity contribution < 1.29 is 4.74 Å². The van der Waals surface area contributed by atoms with Gasteiger partial charge in [-0.2, -0.15) is 0 Å². The van der Waals surface area contributed by atoms with E-state index in [-0.39, 0.29) is 0 Å². The van der Waals surface area contributed by atoms with E-state index in [2.05, 4.69) is 50.2 Å². The molecule has 0 saturated heterocycles. The molecule has 0 aliphatic rings. The summed E-state index contributed by atoms with van der Waals surface area (Å²) in [5.74, 6) is 0.935. The predicted octanol–water partition coefficient (Wildman–Crippen LogP) is 4.14. The Morgan fingerprint density at radius 2 is 1.65 bits per heavy atom. The van der Waals surface area contributed by atoms with E-state index < -0.39 is 0 Å². The van der Waals surface area contributed by atoms with Crippen molar-refractivity contribution >= 4 is 0 Å². The van der Waals surface area contributed by atoms with Crippen molar-refractivity contribution in [3.05, 3.63) is 65.2 Å². The molecule has 2 rings (SSSR count). The van der Waals surface area contributed by atoms with Crippen LogP contribution in [0.2, 0.25) is 0 Å². The van der Waals surface area contributed by atoms with E-state index in [1.807, 2.05) is 12.1 Å². The van der Waals surface area contributed by atoms with Crippen LogP contribution in [0.15, 0.2) is 48.5 Å². The molecule has 0 bridgehead atoms. The number of hydrogen-bond acceptors (Lipinski definition) is 1. The van der Waals surface area contributed by atoms with Crippen LogP contribution < -0.4 is 4.74 Å². The zero-order valence-electron chi connectivity index (χ0n) is 10.4. The normalized spacial score (nSPS) is 10.2. The van der Waals surface area contributed by atoms with Gasteiger partial charge in [-0.3, -0.25) is 0 Å². The molecule has 0 heterocycles. The topological polar surface area (TPSA) is 9.23 Å². The lowest BCUT2D eigenvalue weighted by Gasteiger charge is -2.07. The van der Waals surface area contributed by atoms with Crippen LogP contribution in [-0.2, 0) is 13.0 Å². The lowest BCUT2D eigenvalue weighted by Crippen LogP contribution is -1.95. The van der Waals surface area contributed by atoms with Crippen molar-refractivity contribution in [3.8, 4) is 5.75 Å². The van der Waals surface area contributed by atoms with Crippen LogP contribution in [0.1, 0.15) is 23.6 Å². The summed E-state index contributed by atoms with van der Waals surface area (Å²) in [4.78, 5) is 0. The second kappa shape index (κ2) is 5.53. The molecule has 0 radical (unpaired) electrons. The van der Waals surface area contributed by atoms with Gasteiger partial charge in [0, 0.05) is 0 Å². The van der Waals surface area contributed by atoms with E-state index in [1.165, 1.54) is 16.7 Å². The summed E-state index contributed by atoms with van der Waals surface area (Å²) in [6.45, 7) is 4.87. The molecule has 2 aromatic rings. The third kappa shape index (κ3) is 3.35. The Labute approximate surface area is 103 Å². The van der Waals surface area contributed by atoms with Gasteiger partial charge in [0.05, 0.1) is 0 Å². The largest absolute Gasteiger partial charge is 0.489 e. The van der Waals surface area contributed by atoms with Gasteiger partial charge in [0.15, 0.2) is 0 Å². The van der Waals surface area contributed by atoms with E-state index in [4.69, 9.17) is 4.74 Å². The molecule has 0 N–H and O–H groups in total. The summed E-state index contributed by atoms with van der Waals surface area (Å²) < 4.78 is 5.75. The molecule has 1 heteroatoms. The van der Waals surface area contributed by atoms with E-state index >= 15 is 0 Å². The minimum Gasteiger partial charge on any atom is -0.489 e. The number of rotatable bonds is 4. The maximum atomic E-state index is 5.75. The molecule has 0 atom stereocenters. The number of hydrogen-bond donors (Lipinski definition) is 0. The van der Waals surface area contributed by atoms with Gasteiger partial charge in [-0.25, -0.2) is 0 Å². The van der Waals surface area contributed by atoms with Gasteiger partial charge in [-0.1, -0.05) is 43.3 Å². The Bertz CT molecular complexity index is 471. The molecule has 0 spiro atoms. The van der Waals surface area contributed by atoms with E-state index in [1.54, 1.807) is 0 Å². The molecule has 1 nitrogen and oxygen atoms in total. The molecule has 17 heavy (non-hydrogen) atoms. The molecule has 0 aromatic heterocycles. The van der Waals surface area contributed by atoms with E-state index in [0.29, 0.717) is 6.61 Å². The summed E-state index contributed by atoms with van der Waals surface area (Å²) in [7, 11) is 0. The molecule has 0 unspecified atom stereocenters. The van der Waals surface area contributed by atoms with Gasteiger partial charge in [0.25, 0.3) is 0 Å². The summed E-state index contributed by atoms with van der Waals surface area (Å²) in [6, 6.07) is 16.7. The minimum atomic E-state index is 0.632. The monoisotopic (exact) mass is 226 g/mol. The standard InChI is InChI=1S/C16H18O/c1-3-14-7-9-15(10-8-14)12-17-16-6-4-5-13(2)11-16/h4-11H,3,12H2,1-2H3. The summed E-state index contributed by atoms with van der Waals surface area (Å²) in [5, 5.41) is 0. The summed E-state index contributed by atoms with van der Waals surface area (Å²) in [6.07, 6.45) is 1.08. The van der Waals surface area contributed by atoms with Crippen molar-refractivity contribution in [2.75, 3.05) is 0 Å². The highest BCUT2D eigenvalue weighted by atomic mass is 16.5. The molecule has 88 valence electrons. The van der Waals surface area contributed by atoms with E-state index in [9.17, 15) is 0 Å². The van der Waals surface area contributed by atoms with Crippen molar-refractivity contribution in [3.63, 3.8) is 0 Å². The summed E-state index contributed by atoms with van der Waals surface area (Å²) in [5.41, 5.74) is 3.80. The first-order valence-electron chi connectivity index (χ1n) is 6.05. The average Bonchev–Trinajstić information content (AvgIpc) is 2.37.